The smallest absolute Gasteiger partial charge is 0.169 e. The highest BCUT2D eigenvalue weighted by Gasteiger charge is 2.08. The van der Waals surface area contributed by atoms with Crippen molar-refractivity contribution in [3.8, 4) is 17.2 Å². The van der Waals surface area contributed by atoms with E-state index in [1.807, 2.05) is 36.4 Å². The molecule has 2 rings (SSSR count). The van der Waals surface area contributed by atoms with Gasteiger partial charge in [-0.2, -0.15) is 0 Å². The largest absolute Gasteiger partial charge is 0.493 e. The third kappa shape index (κ3) is 3.52. The quantitative estimate of drug-likeness (QED) is 0.887. The third-order valence-electron chi connectivity index (χ3n) is 3.03. The van der Waals surface area contributed by atoms with E-state index < -0.39 is 0 Å². The molecule has 0 aromatic heterocycles. The Kier molecular flexibility index (Phi) is 5.04. The number of rotatable bonds is 5. The predicted molar refractivity (Wildman–Crippen MR) is 84.5 cm³/mol. The Labute approximate surface area is 127 Å². The first-order valence-corrected chi connectivity index (χ1v) is 7.30. The minimum Gasteiger partial charge on any atom is -0.493 e. The summed E-state index contributed by atoms with van der Waals surface area (Å²) in [6.07, 6.45) is 0.963. The maximum absolute atomic E-state index is 5.91. The lowest BCUT2D eigenvalue weighted by Crippen LogP contribution is -1.97. The SMILES string of the molecule is CCc1ccc(Oc2cc(Br)cc(CN)c2)c(OC)c1. The molecule has 0 aliphatic heterocycles. The first kappa shape index (κ1) is 14.9. The van der Waals surface area contributed by atoms with Gasteiger partial charge in [-0.05, 0) is 47.9 Å². The molecule has 0 spiro atoms. The summed E-state index contributed by atoms with van der Waals surface area (Å²) >= 11 is 3.46. The highest BCUT2D eigenvalue weighted by Crippen LogP contribution is 2.33. The fourth-order valence-corrected chi connectivity index (χ4v) is 2.46. The van der Waals surface area contributed by atoms with E-state index in [4.69, 9.17) is 15.2 Å². The normalized spacial score (nSPS) is 10.4. The second-order valence-electron chi connectivity index (χ2n) is 4.44. The average Bonchev–Trinajstić information content (AvgIpc) is 2.47. The van der Waals surface area contributed by atoms with E-state index in [-0.39, 0.29) is 0 Å². The zero-order chi connectivity index (χ0) is 14.5. The molecule has 0 amide bonds. The summed E-state index contributed by atoms with van der Waals surface area (Å²) in [5.74, 6) is 2.17. The Morgan fingerprint density at radius 1 is 1.05 bits per heavy atom. The van der Waals surface area contributed by atoms with Crippen molar-refractivity contribution < 1.29 is 9.47 Å². The number of aryl methyl sites for hydroxylation is 1. The van der Waals surface area contributed by atoms with E-state index in [1.165, 1.54) is 5.56 Å². The van der Waals surface area contributed by atoms with Crippen LogP contribution < -0.4 is 15.2 Å². The summed E-state index contributed by atoms with van der Waals surface area (Å²) in [6.45, 7) is 2.58. The van der Waals surface area contributed by atoms with Crippen LogP contribution in [0.25, 0.3) is 0 Å². The molecule has 4 heteroatoms. The number of hydrogen-bond acceptors (Lipinski definition) is 3. The van der Waals surface area contributed by atoms with Crippen molar-refractivity contribution in [1.82, 2.24) is 0 Å². The van der Waals surface area contributed by atoms with Crippen LogP contribution in [0.4, 0.5) is 0 Å². The van der Waals surface area contributed by atoms with E-state index >= 15 is 0 Å². The van der Waals surface area contributed by atoms with Crippen LogP contribution in [0.15, 0.2) is 40.9 Å². The van der Waals surface area contributed by atoms with Gasteiger partial charge in [0, 0.05) is 11.0 Å². The number of halogens is 1. The molecule has 20 heavy (non-hydrogen) atoms. The Hall–Kier alpha value is -1.52. The van der Waals surface area contributed by atoms with Gasteiger partial charge in [-0.3, -0.25) is 0 Å². The van der Waals surface area contributed by atoms with Crippen molar-refractivity contribution in [3.63, 3.8) is 0 Å². The van der Waals surface area contributed by atoms with Gasteiger partial charge >= 0.3 is 0 Å². The van der Waals surface area contributed by atoms with Gasteiger partial charge in [-0.25, -0.2) is 0 Å². The topological polar surface area (TPSA) is 44.5 Å². The van der Waals surface area contributed by atoms with Crippen LogP contribution in [0, 0.1) is 0 Å². The highest BCUT2D eigenvalue weighted by molar-refractivity contribution is 9.10. The molecule has 0 radical (unpaired) electrons. The molecule has 0 aliphatic rings. The van der Waals surface area contributed by atoms with Crippen LogP contribution in [0.5, 0.6) is 17.2 Å². The standard InChI is InChI=1S/C16H18BrNO2/c1-3-11-4-5-15(16(8-11)19-2)20-14-7-12(10-18)6-13(17)9-14/h4-9H,3,10,18H2,1-2H3. The number of methoxy groups -OCH3 is 1. The van der Waals surface area contributed by atoms with E-state index in [0.717, 1.165) is 28.0 Å². The number of benzene rings is 2. The predicted octanol–water partition coefficient (Wildman–Crippen LogP) is 4.27. The van der Waals surface area contributed by atoms with E-state index in [0.29, 0.717) is 12.3 Å². The first-order valence-electron chi connectivity index (χ1n) is 6.50. The van der Waals surface area contributed by atoms with Gasteiger partial charge in [0.1, 0.15) is 5.75 Å². The van der Waals surface area contributed by atoms with Gasteiger partial charge in [-0.15, -0.1) is 0 Å². The van der Waals surface area contributed by atoms with Gasteiger partial charge in [0.05, 0.1) is 7.11 Å². The highest BCUT2D eigenvalue weighted by atomic mass is 79.9. The fourth-order valence-electron chi connectivity index (χ4n) is 1.94. The van der Waals surface area contributed by atoms with Crippen LogP contribution in [-0.2, 0) is 13.0 Å². The summed E-state index contributed by atoms with van der Waals surface area (Å²) in [4.78, 5) is 0. The van der Waals surface area contributed by atoms with Gasteiger partial charge in [0.15, 0.2) is 11.5 Å². The van der Waals surface area contributed by atoms with E-state index in [1.54, 1.807) is 7.11 Å². The maximum atomic E-state index is 5.91. The molecule has 0 bridgehead atoms. The third-order valence-corrected chi connectivity index (χ3v) is 3.49. The molecule has 0 saturated heterocycles. The van der Waals surface area contributed by atoms with Crippen molar-refractivity contribution in [2.75, 3.05) is 7.11 Å². The van der Waals surface area contributed by atoms with Crippen LogP contribution in [0.3, 0.4) is 0 Å². The molecule has 2 aromatic rings. The molecule has 0 atom stereocenters. The van der Waals surface area contributed by atoms with Gasteiger partial charge in [-0.1, -0.05) is 28.9 Å². The molecule has 0 fully saturated rings. The number of nitrogens with two attached hydrogens (primary N) is 1. The number of hydrogen-bond donors (Lipinski definition) is 1. The Morgan fingerprint density at radius 2 is 1.85 bits per heavy atom. The minimum atomic E-state index is 0.474. The molecule has 0 saturated carbocycles. The lowest BCUT2D eigenvalue weighted by Gasteiger charge is -2.12. The summed E-state index contributed by atoms with van der Waals surface area (Å²) in [7, 11) is 1.65. The zero-order valence-electron chi connectivity index (χ0n) is 11.7. The Bertz CT molecular complexity index is 599. The Balaban J connectivity index is 2.31. The molecule has 3 nitrogen and oxygen atoms in total. The Morgan fingerprint density at radius 3 is 2.50 bits per heavy atom. The molecular formula is C16H18BrNO2. The fraction of sp³-hybridized carbons (Fsp3) is 0.250. The number of ether oxygens (including phenoxy) is 2. The van der Waals surface area contributed by atoms with E-state index in [2.05, 4.69) is 22.9 Å². The van der Waals surface area contributed by atoms with Gasteiger partial charge in [0.25, 0.3) is 0 Å². The molecule has 2 N–H and O–H groups in total. The van der Waals surface area contributed by atoms with Crippen LogP contribution >= 0.6 is 15.9 Å². The molecule has 2 aromatic carbocycles. The van der Waals surface area contributed by atoms with Crippen LogP contribution in [0.2, 0.25) is 0 Å². The molecular weight excluding hydrogens is 318 g/mol. The molecule has 0 heterocycles. The molecule has 0 aliphatic carbocycles. The van der Waals surface area contributed by atoms with Crippen molar-refractivity contribution >= 4 is 15.9 Å². The lowest BCUT2D eigenvalue weighted by atomic mass is 10.1. The van der Waals surface area contributed by atoms with Crippen molar-refractivity contribution in [1.29, 1.82) is 0 Å². The minimum absolute atomic E-state index is 0.474. The van der Waals surface area contributed by atoms with E-state index in [9.17, 15) is 0 Å². The average molecular weight is 336 g/mol. The summed E-state index contributed by atoms with van der Waals surface area (Å²) in [5, 5.41) is 0. The lowest BCUT2D eigenvalue weighted by molar-refractivity contribution is 0.378. The second kappa shape index (κ2) is 6.77. The summed E-state index contributed by atoms with van der Waals surface area (Å²) in [6, 6.07) is 11.8. The first-order chi connectivity index (χ1) is 9.66. The van der Waals surface area contributed by atoms with Crippen molar-refractivity contribution in [3.05, 3.63) is 52.0 Å². The zero-order valence-corrected chi connectivity index (χ0v) is 13.2. The van der Waals surface area contributed by atoms with Gasteiger partial charge in [0.2, 0.25) is 0 Å². The summed E-state index contributed by atoms with van der Waals surface area (Å²) in [5.41, 5.74) is 7.90. The maximum Gasteiger partial charge on any atom is 0.169 e. The van der Waals surface area contributed by atoms with Crippen LogP contribution in [-0.4, -0.2) is 7.11 Å². The molecule has 0 unspecified atom stereocenters. The second-order valence-corrected chi connectivity index (χ2v) is 5.36. The monoisotopic (exact) mass is 335 g/mol. The van der Waals surface area contributed by atoms with Crippen molar-refractivity contribution in [2.24, 2.45) is 5.73 Å². The van der Waals surface area contributed by atoms with Gasteiger partial charge < -0.3 is 15.2 Å². The van der Waals surface area contributed by atoms with Crippen molar-refractivity contribution in [2.45, 2.75) is 19.9 Å². The van der Waals surface area contributed by atoms with Crippen LogP contribution in [0.1, 0.15) is 18.1 Å². The summed E-state index contributed by atoms with van der Waals surface area (Å²) < 4.78 is 12.2. The molecule has 106 valence electrons.